The first kappa shape index (κ1) is 15.6. The second-order valence-corrected chi connectivity index (χ2v) is 5.36. The molecule has 0 aliphatic heterocycles. The Labute approximate surface area is 120 Å². The molecule has 0 aromatic heterocycles. The number of benzene rings is 1. The smallest absolute Gasteiger partial charge is 0.195 e. The Hall–Kier alpha value is -1.83. The highest BCUT2D eigenvalue weighted by Gasteiger charge is 2.30. The maximum absolute atomic E-state index is 12.9. The molecule has 0 heterocycles. The van der Waals surface area contributed by atoms with E-state index in [0.717, 1.165) is 43.4 Å². The van der Waals surface area contributed by atoms with Crippen molar-refractivity contribution < 1.29 is 17.6 Å². The van der Waals surface area contributed by atoms with Gasteiger partial charge < -0.3 is 0 Å². The normalized spacial score (nSPS) is 23.7. The van der Waals surface area contributed by atoms with E-state index >= 15 is 0 Å². The van der Waals surface area contributed by atoms with Crippen LogP contribution in [0.2, 0.25) is 0 Å². The summed E-state index contributed by atoms with van der Waals surface area (Å²) in [5.74, 6) is -0.495. The lowest BCUT2D eigenvalue weighted by Crippen LogP contribution is -2.12. The summed E-state index contributed by atoms with van der Waals surface area (Å²) in [7, 11) is 0. The first-order valence-corrected chi connectivity index (χ1v) is 6.84. The first-order valence-electron chi connectivity index (χ1n) is 6.84. The van der Waals surface area contributed by atoms with Gasteiger partial charge in [0.1, 0.15) is 6.07 Å². The third-order valence-corrected chi connectivity index (χ3v) is 3.97. The molecule has 5 heteroatoms. The molecule has 1 aliphatic rings. The summed E-state index contributed by atoms with van der Waals surface area (Å²) in [6.45, 7) is 0. The fourth-order valence-corrected chi connectivity index (χ4v) is 2.81. The van der Waals surface area contributed by atoms with E-state index in [1.165, 1.54) is 24.3 Å². The van der Waals surface area contributed by atoms with E-state index in [9.17, 15) is 17.6 Å². The summed E-state index contributed by atoms with van der Waals surface area (Å²) in [4.78, 5) is 0. The van der Waals surface area contributed by atoms with Crippen LogP contribution < -0.4 is 0 Å². The van der Waals surface area contributed by atoms with E-state index in [1.54, 1.807) is 0 Å². The van der Waals surface area contributed by atoms with Gasteiger partial charge in [-0.3, -0.25) is 0 Å². The lowest BCUT2D eigenvalue weighted by Gasteiger charge is -2.27. The monoisotopic (exact) mass is 297 g/mol. The van der Waals surface area contributed by atoms with Crippen LogP contribution >= 0.6 is 0 Å². The molecule has 0 atom stereocenters. The molecule has 0 unspecified atom stereocenters. The molecule has 0 saturated heterocycles. The van der Waals surface area contributed by atoms with Crippen molar-refractivity contribution in [3.05, 3.63) is 47.3 Å². The van der Waals surface area contributed by atoms with Gasteiger partial charge in [0, 0.05) is 0 Å². The molecular weight excluding hydrogens is 282 g/mol. The van der Waals surface area contributed by atoms with Gasteiger partial charge in [0.05, 0.1) is 5.56 Å². The topological polar surface area (TPSA) is 23.8 Å². The van der Waals surface area contributed by atoms with Crippen molar-refractivity contribution in [1.29, 1.82) is 5.26 Å². The SMILES string of the molecule is N#C/C(F)=C/C1CCC(c2ccc(C(F)(F)F)cc2)CC1. The average molecular weight is 297 g/mol. The molecule has 0 amide bonds. The standard InChI is InChI=1S/C16H15F4N/c17-15(10-21)9-11-1-3-12(4-2-11)13-5-7-14(8-6-13)16(18,19)20/h5-9,11-12H,1-4H2/b15-9-. The van der Waals surface area contributed by atoms with E-state index < -0.39 is 17.6 Å². The molecule has 21 heavy (non-hydrogen) atoms. The minimum absolute atomic E-state index is 0.0512. The summed E-state index contributed by atoms with van der Waals surface area (Å²) in [6, 6.07) is 6.73. The number of halogens is 4. The van der Waals surface area contributed by atoms with Gasteiger partial charge in [-0.1, -0.05) is 12.1 Å². The minimum atomic E-state index is -4.31. The highest BCUT2D eigenvalue weighted by molar-refractivity contribution is 5.27. The lowest BCUT2D eigenvalue weighted by molar-refractivity contribution is -0.137. The van der Waals surface area contributed by atoms with Crippen molar-refractivity contribution in [2.45, 2.75) is 37.8 Å². The van der Waals surface area contributed by atoms with Gasteiger partial charge in [-0.05, 0) is 61.3 Å². The van der Waals surface area contributed by atoms with Crippen LogP contribution in [0.5, 0.6) is 0 Å². The van der Waals surface area contributed by atoms with Crippen LogP contribution in [0, 0.1) is 17.2 Å². The largest absolute Gasteiger partial charge is 0.416 e. The minimum Gasteiger partial charge on any atom is -0.195 e. The Morgan fingerprint density at radius 3 is 2.14 bits per heavy atom. The number of nitriles is 1. The Bertz CT molecular complexity index is 543. The van der Waals surface area contributed by atoms with Crippen LogP contribution in [0.15, 0.2) is 36.2 Å². The third kappa shape index (κ3) is 4.07. The fourth-order valence-electron chi connectivity index (χ4n) is 2.81. The van der Waals surface area contributed by atoms with Crippen LogP contribution in [0.3, 0.4) is 0 Å². The van der Waals surface area contributed by atoms with Crippen molar-refractivity contribution in [3.8, 4) is 6.07 Å². The van der Waals surface area contributed by atoms with Crippen LogP contribution in [0.25, 0.3) is 0 Å². The van der Waals surface area contributed by atoms with E-state index in [1.807, 2.05) is 0 Å². The number of rotatable bonds is 2. The molecule has 0 radical (unpaired) electrons. The molecule has 1 aromatic carbocycles. The van der Waals surface area contributed by atoms with E-state index in [4.69, 9.17) is 5.26 Å². The molecule has 2 rings (SSSR count). The van der Waals surface area contributed by atoms with Gasteiger partial charge in [0.15, 0.2) is 5.83 Å². The van der Waals surface area contributed by atoms with Crippen molar-refractivity contribution in [2.75, 3.05) is 0 Å². The first-order chi connectivity index (χ1) is 9.90. The maximum Gasteiger partial charge on any atom is 0.416 e. The number of hydrogen-bond donors (Lipinski definition) is 0. The quantitative estimate of drug-likeness (QED) is 0.533. The van der Waals surface area contributed by atoms with Crippen LogP contribution in [-0.4, -0.2) is 0 Å². The Morgan fingerprint density at radius 1 is 1.10 bits per heavy atom. The van der Waals surface area contributed by atoms with Gasteiger partial charge in [-0.15, -0.1) is 0 Å². The molecule has 0 N–H and O–H groups in total. The molecule has 112 valence electrons. The highest BCUT2D eigenvalue weighted by Crippen LogP contribution is 2.38. The summed E-state index contributed by atoms with van der Waals surface area (Å²) in [5.41, 5.74) is 0.255. The molecule has 1 saturated carbocycles. The maximum atomic E-state index is 12.9. The highest BCUT2D eigenvalue weighted by atomic mass is 19.4. The molecule has 1 aromatic rings. The van der Waals surface area contributed by atoms with Crippen molar-refractivity contribution in [2.24, 2.45) is 5.92 Å². The van der Waals surface area contributed by atoms with Crippen molar-refractivity contribution in [1.82, 2.24) is 0 Å². The number of nitrogens with zero attached hydrogens (tertiary/aromatic N) is 1. The summed E-state index contributed by atoms with van der Waals surface area (Å²) >= 11 is 0. The zero-order valence-corrected chi connectivity index (χ0v) is 11.3. The third-order valence-electron chi connectivity index (χ3n) is 3.97. The fraction of sp³-hybridized carbons (Fsp3) is 0.438. The zero-order chi connectivity index (χ0) is 15.5. The molecule has 0 bridgehead atoms. The Morgan fingerprint density at radius 2 is 1.67 bits per heavy atom. The van der Waals surface area contributed by atoms with Gasteiger partial charge >= 0.3 is 6.18 Å². The summed E-state index contributed by atoms with van der Waals surface area (Å²) in [6.07, 6.45) is 0.136. The second kappa shape index (κ2) is 6.30. The molecule has 1 fully saturated rings. The summed E-state index contributed by atoms with van der Waals surface area (Å²) in [5, 5.41) is 8.40. The molecule has 1 aliphatic carbocycles. The van der Waals surface area contributed by atoms with Gasteiger partial charge in [0.25, 0.3) is 0 Å². The van der Waals surface area contributed by atoms with Crippen LogP contribution in [-0.2, 0) is 6.18 Å². The van der Waals surface area contributed by atoms with Crippen molar-refractivity contribution in [3.63, 3.8) is 0 Å². The molecular formula is C16H15F4N. The van der Waals surface area contributed by atoms with Gasteiger partial charge in [0.2, 0.25) is 0 Å². The summed E-state index contributed by atoms with van der Waals surface area (Å²) < 4.78 is 50.4. The number of allylic oxidation sites excluding steroid dienone is 2. The van der Waals surface area contributed by atoms with E-state index in [2.05, 4.69) is 0 Å². The predicted octanol–water partition coefficient (Wildman–Crippen LogP) is 5.36. The number of hydrogen-bond acceptors (Lipinski definition) is 1. The Balaban J connectivity index is 1.98. The van der Waals surface area contributed by atoms with Crippen molar-refractivity contribution >= 4 is 0 Å². The second-order valence-electron chi connectivity index (χ2n) is 5.36. The molecule has 0 spiro atoms. The van der Waals surface area contributed by atoms with E-state index in [0.29, 0.717) is 0 Å². The Kier molecular flexibility index (Phi) is 4.66. The van der Waals surface area contributed by atoms with Gasteiger partial charge in [-0.2, -0.15) is 22.8 Å². The predicted molar refractivity (Wildman–Crippen MR) is 70.9 cm³/mol. The van der Waals surface area contributed by atoms with Crippen LogP contribution in [0.4, 0.5) is 17.6 Å². The van der Waals surface area contributed by atoms with Gasteiger partial charge in [-0.25, -0.2) is 0 Å². The van der Waals surface area contributed by atoms with Crippen LogP contribution in [0.1, 0.15) is 42.7 Å². The lowest BCUT2D eigenvalue weighted by atomic mass is 9.78. The van der Waals surface area contributed by atoms with E-state index in [-0.39, 0.29) is 11.8 Å². The number of alkyl halides is 3. The zero-order valence-electron chi connectivity index (χ0n) is 11.3. The average Bonchev–Trinajstić information content (AvgIpc) is 2.47. The molecule has 1 nitrogen and oxygen atoms in total.